The van der Waals surface area contributed by atoms with Crippen LogP contribution in [0.2, 0.25) is 0 Å². The molecule has 0 radical (unpaired) electrons. The quantitative estimate of drug-likeness (QED) is 0.390. The molecule has 3 aromatic rings. The molecule has 0 saturated carbocycles. The Morgan fingerprint density at radius 3 is 1.92 bits per heavy atom. The van der Waals surface area contributed by atoms with Crippen LogP contribution in [0.3, 0.4) is 0 Å². The Kier molecular flexibility index (Phi) is 4.85. The number of nitrogens with zero attached hydrogens (tertiary/aromatic N) is 1. The second-order valence-electron chi connectivity index (χ2n) is 5.41. The number of hydrogen-bond acceptors (Lipinski definition) is 4. The van der Waals surface area contributed by atoms with Crippen molar-refractivity contribution in [3.63, 3.8) is 0 Å². The number of rotatable bonds is 5. The molecule has 0 aliphatic heterocycles. The molecule has 3 rings (SSSR count). The van der Waals surface area contributed by atoms with Gasteiger partial charge in [0, 0.05) is 12.1 Å². The number of nitro groups is 1. The number of hydrogen-bond donors (Lipinski definition) is 0. The zero-order valence-corrected chi connectivity index (χ0v) is 13.2. The monoisotopic (exact) mass is 333 g/mol. The van der Waals surface area contributed by atoms with E-state index < -0.39 is 17.0 Å². The van der Waals surface area contributed by atoms with E-state index in [4.69, 9.17) is 4.74 Å². The summed E-state index contributed by atoms with van der Waals surface area (Å²) in [4.78, 5) is 22.9. The Morgan fingerprint density at radius 1 is 0.840 bits per heavy atom. The second kappa shape index (κ2) is 7.40. The molecule has 0 heterocycles. The standard InChI is InChI=1S/C20H15NO4/c22-20(17-12-7-13-18(14-17)21(23)24)25-19(15-8-3-1-4-9-15)16-10-5-2-6-11-16/h1-14,19H. The molecular weight excluding hydrogens is 318 g/mol. The zero-order valence-electron chi connectivity index (χ0n) is 13.2. The first-order chi connectivity index (χ1) is 12.1. The minimum atomic E-state index is -0.610. The van der Waals surface area contributed by atoms with Gasteiger partial charge in [-0.1, -0.05) is 66.7 Å². The lowest BCUT2D eigenvalue weighted by Gasteiger charge is -2.19. The van der Waals surface area contributed by atoms with Crippen LogP contribution in [0.1, 0.15) is 27.6 Å². The van der Waals surface area contributed by atoms with Crippen molar-refractivity contribution in [3.05, 3.63) is 112 Å². The summed E-state index contributed by atoms with van der Waals surface area (Å²) in [5.74, 6) is -0.610. The predicted octanol–water partition coefficient (Wildman–Crippen LogP) is 4.54. The van der Waals surface area contributed by atoms with Crippen molar-refractivity contribution in [2.24, 2.45) is 0 Å². The molecule has 5 nitrogen and oxygen atoms in total. The predicted molar refractivity (Wildman–Crippen MR) is 93.2 cm³/mol. The van der Waals surface area contributed by atoms with Gasteiger partial charge in [-0.2, -0.15) is 0 Å². The summed E-state index contributed by atoms with van der Waals surface area (Å²) in [6.07, 6.45) is -0.589. The third kappa shape index (κ3) is 3.90. The highest BCUT2D eigenvalue weighted by atomic mass is 16.6. The summed E-state index contributed by atoms with van der Waals surface area (Å²) in [5, 5.41) is 10.9. The normalized spacial score (nSPS) is 10.4. The maximum absolute atomic E-state index is 12.5. The Morgan fingerprint density at radius 2 is 1.40 bits per heavy atom. The van der Waals surface area contributed by atoms with E-state index in [2.05, 4.69) is 0 Å². The number of carbonyl (C=O) groups excluding carboxylic acids is 1. The third-order valence-corrected chi connectivity index (χ3v) is 3.72. The highest BCUT2D eigenvalue weighted by molar-refractivity contribution is 5.90. The van der Waals surface area contributed by atoms with Gasteiger partial charge in [0.05, 0.1) is 10.5 Å². The van der Waals surface area contributed by atoms with Gasteiger partial charge in [0.2, 0.25) is 0 Å². The van der Waals surface area contributed by atoms with Crippen molar-refractivity contribution in [3.8, 4) is 0 Å². The zero-order chi connectivity index (χ0) is 17.6. The maximum Gasteiger partial charge on any atom is 0.339 e. The van der Waals surface area contributed by atoms with E-state index >= 15 is 0 Å². The Balaban J connectivity index is 1.92. The average molecular weight is 333 g/mol. The lowest BCUT2D eigenvalue weighted by molar-refractivity contribution is -0.384. The van der Waals surface area contributed by atoms with Gasteiger partial charge in [-0.05, 0) is 17.2 Å². The molecular formula is C20H15NO4. The van der Waals surface area contributed by atoms with Crippen molar-refractivity contribution in [2.45, 2.75) is 6.10 Å². The van der Waals surface area contributed by atoms with Crippen LogP contribution < -0.4 is 0 Å². The molecule has 5 heteroatoms. The second-order valence-corrected chi connectivity index (χ2v) is 5.41. The Bertz CT molecular complexity index is 839. The van der Waals surface area contributed by atoms with E-state index in [-0.39, 0.29) is 11.3 Å². The molecule has 0 unspecified atom stereocenters. The Hall–Kier alpha value is -3.47. The lowest BCUT2D eigenvalue weighted by Crippen LogP contribution is -2.13. The van der Waals surface area contributed by atoms with Crippen molar-refractivity contribution in [1.29, 1.82) is 0 Å². The molecule has 0 aliphatic carbocycles. The fraction of sp³-hybridized carbons (Fsp3) is 0.0500. The topological polar surface area (TPSA) is 69.4 Å². The smallest absolute Gasteiger partial charge is 0.339 e. The molecule has 0 fully saturated rings. The molecule has 25 heavy (non-hydrogen) atoms. The molecule has 0 saturated heterocycles. The van der Waals surface area contributed by atoms with Crippen LogP contribution in [0.4, 0.5) is 5.69 Å². The van der Waals surface area contributed by atoms with E-state index in [1.54, 1.807) is 0 Å². The number of esters is 1. The molecule has 0 amide bonds. The van der Waals surface area contributed by atoms with Crippen LogP contribution >= 0.6 is 0 Å². The van der Waals surface area contributed by atoms with Gasteiger partial charge < -0.3 is 4.74 Å². The molecule has 3 aromatic carbocycles. The van der Waals surface area contributed by atoms with Gasteiger partial charge in [0.15, 0.2) is 6.10 Å². The van der Waals surface area contributed by atoms with Crippen LogP contribution in [-0.4, -0.2) is 10.9 Å². The number of ether oxygens (including phenoxy) is 1. The molecule has 124 valence electrons. The molecule has 0 bridgehead atoms. The minimum Gasteiger partial charge on any atom is -0.449 e. The van der Waals surface area contributed by atoms with Gasteiger partial charge in [-0.3, -0.25) is 10.1 Å². The maximum atomic E-state index is 12.5. The summed E-state index contributed by atoms with van der Waals surface area (Å²) in [5.41, 5.74) is 1.65. The number of non-ortho nitro benzene ring substituents is 1. The van der Waals surface area contributed by atoms with Crippen molar-refractivity contribution >= 4 is 11.7 Å². The Labute approximate surface area is 144 Å². The average Bonchev–Trinajstić information content (AvgIpc) is 2.67. The number of benzene rings is 3. The van der Waals surface area contributed by atoms with E-state index in [1.165, 1.54) is 24.3 Å². The van der Waals surface area contributed by atoms with Crippen molar-refractivity contribution in [2.75, 3.05) is 0 Å². The fourth-order valence-electron chi connectivity index (χ4n) is 2.51. The van der Waals surface area contributed by atoms with Gasteiger partial charge in [-0.25, -0.2) is 4.79 Å². The number of carbonyl (C=O) groups is 1. The van der Waals surface area contributed by atoms with Gasteiger partial charge in [0.1, 0.15) is 0 Å². The minimum absolute atomic E-state index is 0.145. The van der Waals surface area contributed by atoms with Gasteiger partial charge in [0.25, 0.3) is 5.69 Å². The first-order valence-electron chi connectivity index (χ1n) is 7.70. The van der Waals surface area contributed by atoms with Gasteiger partial charge in [-0.15, -0.1) is 0 Å². The summed E-state index contributed by atoms with van der Waals surface area (Å²) in [7, 11) is 0. The molecule has 0 spiro atoms. The molecule has 0 aliphatic rings. The van der Waals surface area contributed by atoms with Crippen molar-refractivity contribution in [1.82, 2.24) is 0 Å². The van der Waals surface area contributed by atoms with Crippen LogP contribution in [0.5, 0.6) is 0 Å². The highest BCUT2D eigenvalue weighted by Crippen LogP contribution is 2.27. The van der Waals surface area contributed by atoms with E-state index in [9.17, 15) is 14.9 Å². The first-order valence-corrected chi connectivity index (χ1v) is 7.70. The summed E-state index contributed by atoms with van der Waals surface area (Å²) in [6.45, 7) is 0. The largest absolute Gasteiger partial charge is 0.449 e. The van der Waals surface area contributed by atoms with Crippen LogP contribution in [0.15, 0.2) is 84.9 Å². The van der Waals surface area contributed by atoms with E-state index in [0.717, 1.165) is 11.1 Å². The number of nitro benzene ring substituents is 1. The van der Waals surface area contributed by atoms with E-state index in [0.29, 0.717) is 0 Å². The summed E-state index contributed by atoms with van der Waals surface area (Å²) in [6, 6.07) is 24.3. The first kappa shape index (κ1) is 16.4. The van der Waals surface area contributed by atoms with Crippen LogP contribution in [0, 0.1) is 10.1 Å². The SMILES string of the molecule is O=C(OC(c1ccccc1)c1ccccc1)c1cccc([N+](=O)[O-])c1. The summed E-state index contributed by atoms with van der Waals surface area (Å²) >= 11 is 0. The lowest BCUT2D eigenvalue weighted by atomic mass is 10.0. The van der Waals surface area contributed by atoms with E-state index in [1.807, 2.05) is 60.7 Å². The van der Waals surface area contributed by atoms with Crippen LogP contribution in [0.25, 0.3) is 0 Å². The third-order valence-electron chi connectivity index (χ3n) is 3.72. The molecule has 0 N–H and O–H groups in total. The highest BCUT2D eigenvalue weighted by Gasteiger charge is 2.21. The molecule has 0 atom stereocenters. The van der Waals surface area contributed by atoms with Gasteiger partial charge >= 0.3 is 5.97 Å². The molecule has 0 aromatic heterocycles. The summed E-state index contributed by atoms with van der Waals surface area (Å²) < 4.78 is 5.68. The van der Waals surface area contributed by atoms with Crippen LogP contribution in [-0.2, 0) is 4.74 Å². The fourth-order valence-corrected chi connectivity index (χ4v) is 2.51. The van der Waals surface area contributed by atoms with Crippen molar-refractivity contribution < 1.29 is 14.5 Å².